The maximum Gasteiger partial charge on any atom is 0.606 e. The predicted octanol–water partition coefficient (Wildman–Crippen LogP) is -0.273. The fourth-order valence-corrected chi connectivity index (χ4v) is 6.22. The fraction of sp³-hybridized carbons (Fsp3) is 0.462. The summed E-state index contributed by atoms with van der Waals surface area (Å²) in [4.78, 5) is 60.9. The first-order valence-corrected chi connectivity index (χ1v) is 13.2. The Hall–Kier alpha value is -3.84. The van der Waals surface area contributed by atoms with E-state index in [9.17, 15) is 19.2 Å². The molecule has 39 heavy (non-hydrogen) atoms. The molecule has 0 saturated carbocycles. The number of benzene rings is 1. The number of rotatable bonds is 9. The lowest BCUT2D eigenvalue weighted by atomic mass is 9.56. The van der Waals surface area contributed by atoms with Crippen molar-refractivity contribution in [3.05, 3.63) is 60.2 Å². The average Bonchev–Trinajstić information content (AvgIpc) is 3.28. The highest BCUT2D eigenvalue weighted by atomic mass is 16.7. The first kappa shape index (κ1) is 26.8. The first-order valence-electron chi connectivity index (χ1n) is 13.2. The third-order valence-electron chi connectivity index (χ3n) is 8.17. The van der Waals surface area contributed by atoms with Crippen LogP contribution in [0.3, 0.4) is 0 Å². The number of hydrogen-bond donors (Lipinski definition) is 3. The Bertz CT molecular complexity index is 1240. The fourth-order valence-electron chi connectivity index (χ4n) is 6.22. The number of piperazine rings is 1. The second kappa shape index (κ2) is 10.4. The van der Waals surface area contributed by atoms with Gasteiger partial charge in [-0.15, -0.1) is 0 Å². The van der Waals surface area contributed by atoms with Crippen molar-refractivity contribution in [2.75, 3.05) is 20.1 Å². The Labute approximate surface area is 226 Å². The largest absolute Gasteiger partial charge is 0.606 e. The summed E-state index contributed by atoms with van der Waals surface area (Å²) in [7, 11) is 1.81. The van der Waals surface area contributed by atoms with Crippen molar-refractivity contribution in [1.82, 2.24) is 25.9 Å². The Kier molecular flexibility index (Phi) is 7.12. The summed E-state index contributed by atoms with van der Waals surface area (Å²) in [5, 5.41) is 8.95. The molecule has 3 saturated heterocycles. The van der Waals surface area contributed by atoms with Crippen LogP contribution in [0.4, 0.5) is 0 Å². The second-order valence-corrected chi connectivity index (χ2v) is 11.1. The van der Waals surface area contributed by atoms with E-state index in [1.165, 1.54) is 18.6 Å². The van der Waals surface area contributed by atoms with Crippen LogP contribution >= 0.6 is 0 Å². The second-order valence-electron chi connectivity index (χ2n) is 11.1. The molecule has 206 valence electrons. The highest BCUT2D eigenvalue weighted by Crippen LogP contribution is 2.45. The van der Waals surface area contributed by atoms with Crippen molar-refractivity contribution < 1.29 is 32.9 Å². The molecular weight excluding hydrogens is 503 g/mol. The van der Waals surface area contributed by atoms with E-state index in [0.717, 1.165) is 5.56 Å². The Morgan fingerprint density at radius 3 is 2.33 bits per heavy atom. The summed E-state index contributed by atoms with van der Waals surface area (Å²) in [5.74, 6) is -2.68. The first-order chi connectivity index (χ1) is 18.7. The van der Waals surface area contributed by atoms with Crippen LogP contribution in [0.25, 0.3) is 0 Å². The van der Waals surface area contributed by atoms with Gasteiger partial charge in [0.25, 0.3) is 5.91 Å². The highest BCUT2D eigenvalue weighted by Gasteiger charge is 2.77. The molecule has 0 aliphatic carbocycles. The van der Waals surface area contributed by atoms with Crippen LogP contribution in [0.5, 0.6) is 0 Å². The van der Waals surface area contributed by atoms with Gasteiger partial charge in [-0.05, 0) is 17.9 Å². The van der Waals surface area contributed by atoms with Gasteiger partial charge in [-0.2, -0.15) is 0 Å². The summed E-state index contributed by atoms with van der Waals surface area (Å²) in [6.07, 6.45) is 4.77. The number of hydrogen-bond acceptors (Lipinski definition) is 9. The lowest BCUT2D eigenvalue weighted by molar-refractivity contribution is -0.846. The molecule has 3 fully saturated rings. The molecule has 12 nitrogen and oxygen atoms in total. The Morgan fingerprint density at radius 2 is 1.74 bits per heavy atom. The number of likely N-dealkylation sites (N-methyl/N-ethyl adjacent to an activating group) is 1. The Balaban J connectivity index is 1.46. The number of amides is 2. The van der Waals surface area contributed by atoms with Gasteiger partial charge in [-0.1, -0.05) is 44.2 Å². The van der Waals surface area contributed by atoms with Gasteiger partial charge in [0.15, 0.2) is 12.1 Å². The zero-order valence-electron chi connectivity index (χ0n) is 22.2. The number of aromatic nitrogens is 2. The van der Waals surface area contributed by atoms with Gasteiger partial charge in [-0.3, -0.25) is 14.6 Å². The van der Waals surface area contributed by atoms with E-state index in [-0.39, 0.29) is 22.4 Å². The normalized spacial score (nSPS) is 28.7. The van der Waals surface area contributed by atoms with Crippen molar-refractivity contribution in [3.8, 4) is 0 Å². The quantitative estimate of drug-likeness (QED) is 0.368. The Morgan fingerprint density at radius 1 is 1.08 bits per heavy atom. The molecule has 2 amide bonds. The third-order valence-corrected chi connectivity index (χ3v) is 8.17. The minimum absolute atomic E-state index is 0.0301. The summed E-state index contributed by atoms with van der Waals surface area (Å²) < 4.78 is 11.9. The minimum atomic E-state index is -2.61. The van der Waals surface area contributed by atoms with Crippen molar-refractivity contribution in [1.29, 1.82) is 0 Å². The van der Waals surface area contributed by atoms with Crippen LogP contribution in [0.1, 0.15) is 36.3 Å². The monoisotopic (exact) mass is 536 g/mol. The van der Waals surface area contributed by atoms with E-state index in [4.69, 9.17) is 9.31 Å². The molecule has 3 aliphatic rings. The molecule has 2 unspecified atom stereocenters. The van der Waals surface area contributed by atoms with Gasteiger partial charge in [0.2, 0.25) is 5.91 Å². The van der Waals surface area contributed by atoms with E-state index in [2.05, 4.69) is 25.9 Å². The van der Waals surface area contributed by atoms with Crippen molar-refractivity contribution in [2.24, 2.45) is 5.92 Å². The number of carbonyl (C=O) groups excluding carboxylic acids is 4. The van der Waals surface area contributed by atoms with Gasteiger partial charge < -0.3 is 29.7 Å². The smallest absolute Gasteiger partial charge is 0.599 e. The van der Waals surface area contributed by atoms with Crippen molar-refractivity contribution in [2.45, 2.75) is 50.8 Å². The van der Waals surface area contributed by atoms with Crippen LogP contribution in [0.15, 0.2) is 48.9 Å². The SMILES string of the molecule is CC(C)C[C@H](NC(=O)[C@H](Cc1ccccc1)NC(=O)c1cnccn1)[B-]12OC(=O)[C@H]3CNC[C@@H](C(=O)O1)[N+]32C. The van der Waals surface area contributed by atoms with E-state index in [1.807, 2.05) is 51.2 Å². The van der Waals surface area contributed by atoms with Gasteiger partial charge in [0.05, 0.1) is 25.2 Å². The highest BCUT2D eigenvalue weighted by molar-refractivity contribution is 6.68. The predicted molar refractivity (Wildman–Crippen MR) is 139 cm³/mol. The van der Waals surface area contributed by atoms with E-state index >= 15 is 0 Å². The summed E-state index contributed by atoms with van der Waals surface area (Å²) in [6, 6.07) is 7.05. The van der Waals surface area contributed by atoms with Crippen LogP contribution < -0.4 is 16.0 Å². The number of carbonyl (C=O) groups is 4. The van der Waals surface area contributed by atoms with Crippen LogP contribution in [0.2, 0.25) is 0 Å². The zero-order chi connectivity index (χ0) is 27.8. The minimum Gasteiger partial charge on any atom is -0.599 e. The third kappa shape index (κ3) is 4.65. The molecule has 2 aromatic rings. The lowest BCUT2D eigenvalue weighted by Crippen LogP contribution is -2.78. The van der Waals surface area contributed by atoms with Crippen LogP contribution in [-0.4, -0.2) is 89.0 Å². The molecule has 0 bridgehead atoms. The van der Waals surface area contributed by atoms with E-state index in [1.54, 1.807) is 0 Å². The lowest BCUT2D eigenvalue weighted by Gasteiger charge is -2.51. The molecule has 0 spiro atoms. The molecule has 6 atom stereocenters. The van der Waals surface area contributed by atoms with E-state index < -0.39 is 54.5 Å². The maximum absolute atomic E-state index is 13.9. The number of quaternary nitrogens is 1. The molecule has 0 radical (unpaired) electrons. The van der Waals surface area contributed by atoms with E-state index in [0.29, 0.717) is 19.5 Å². The maximum atomic E-state index is 13.9. The molecule has 1 aromatic carbocycles. The number of nitrogens with zero attached hydrogens (tertiary/aromatic N) is 3. The van der Waals surface area contributed by atoms with Gasteiger partial charge in [0, 0.05) is 25.9 Å². The zero-order valence-corrected chi connectivity index (χ0v) is 22.2. The molecule has 5 rings (SSSR count). The topological polar surface area (TPSA) is 149 Å². The molecule has 3 N–H and O–H groups in total. The van der Waals surface area contributed by atoms with Crippen molar-refractivity contribution in [3.63, 3.8) is 0 Å². The molecule has 13 heteroatoms. The average molecular weight is 536 g/mol. The molecule has 4 heterocycles. The summed E-state index contributed by atoms with van der Waals surface area (Å²) in [5.41, 5.74) is 0.908. The summed E-state index contributed by atoms with van der Waals surface area (Å²) >= 11 is 0. The molecule has 1 aromatic heterocycles. The standard InChI is InChI=1S/C26H33BN6O6/c1-16(2)11-22(27-33(3)20(25(36)38-27)14-29-15-21(33)26(37)39-27)32-23(34)18(12-17-7-5-4-6-8-17)31-24(35)19-13-28-9-10-30-19/h4-10,13,16,18,20-22,29H,11-12,14-15H2,1-3H3,(H,31,35)(H,32,34)/t18-,20-,21+,22-,27?,33?/m0/s1. The van der Waals surface area contributed by atoms with Crippen LogP contribution in [0, 0.1) is 5.92 Å². The van der Waals surface area contributed by atoms with Crippen molar-refractivity contribution >= 4 is 30.4 Å². The van der Waals surface area contributed by atoms with Crippen LogP contribution in [-0.2, 0) is 30.1 Å². The molecular formula is C26H33BN6O6. The molecule has 3 aliphatic heterocycles. The number of nitrogens with one attached hydrogen (secondary N) is 3. The summed E-state index contributed by atoms with van der Waals surface area (Å²) in [6.45, 7) is 2.03. The van der Waals surface area contributed by atoms with Gasteiger partial charge in [-0.25, -0.2) is 14.6 Å². The van der Waals surface area contributed by atoms with Gasteiger partial charge in [0.1, 0.15) is 11.7 Å². The van der Waals surface area contributed by atoms with Gasteiger partial charge >= 0.3 is 18.6 Å².